The maximum absolute atomic E-state index is 11.9. The lowest BCUT2D eigenvalue weighted by Gasteiger charge is -2.40. The smallest absolute Gasteiger partial charge is 0.318 e. The molecule has 2 atom stereocenters. The van der Waals surface area contributed by atoms with Crippen molar-refractivity contribution in [3.05, 3.63) is 29.8 Å². The van der Waals surface area contributed by atoms with Crippen LogP contribution in [0.25, 0.3) is 0 Å². The van der Waals surface area contributed by atoms with Crippen LogP contribution in [0.2, 0.25) is 0 Å². The number of piperazine rings is 1. The molecule has 0 bridgehead atoms. The molecule has 0 spiro atoms. The van der Waals surface area contributed by atoms with Crippen LogP contribution in [0.4, 0.5) is 4.79 Å². The second-order valence-electron chi connectivity index (χ2n) is 6.05. The highest BCUT2D eigenvalue weighted by Gasteiger charge is 2.28. The molecule has 0 unspecified atom stereocenters. The lowest BCUT2D eigenvalue weighted by molar-refractivity contribution is -0.125. The number of nitrogens with two attached hydrogens (primary N) is 1. The first-order chi connectivity index (χ1) is 11.4. The van der Waals surface area contributed by atoms with E-state index < -0.39 is 6.03 Å². The second kappa shape index (κ2) is 8.12. The third-order valence-electron chi connectivity index (χ3n) is 4.65. The van der Waals surface area contributed by atoms with Crippen molar-refractivity contribution in [2.45, 2.75) is 25.9 Å². The van der Waals surface area contributed by atoms with Crippen LogP contribution in [0.15, 0.2) is 24.3 Å². The maximum atomic E-state index is 11.9. The van der Waals surface area contributed by atoms with Gasteiger partial charge in [-0.15, -0.1) is 0 Å². The van der Waals surface area contributed by atoms with E-state index in [1.165, 1.54) is 5.56 Å². The highest BCUT2D eigenvalue weighted by molar-refractivity contribution is 5.96. The van der Waals surface area contributed by atoms with Gasteiger partial charge in [-0.2, -0.15) is 0 Å². The molecule has 1 aromatic carbocycles. The van der Waals surface area contributed by atoms with Gasteiger partial charge in [-0.05, 0) is 31.5 Å². The molecule has 132 valence electrons. The molecule has 1 aliphatic rings. The van der Waals surface area contributed by atoms with Crippen molar-refractivity contribution >= 4 is 11.9 Å². The van der Waals surface area contributed by atoms with E-state index in [9.17, 15) is 9.59 Å². The summed E-state index contributed by atoms with van der Waals surface area (Å²) in [5.74, 6) is 0.506. The second-order valence-corrected chi connectivity index (χ2v) is 6.05. The molecule has 7 heteroatoms. The zero-order valence-corrected chi connectivity index (χ0v) is 14.5. The van der Waals surface area contributed by atoms with Crippen LogP contribution in [-0.2, 0) is 4.79 Å². The van der Waals surface area contributed by atoms with E-state index in [1.807, 2.05) is 12.1 Å². The monoisotopic (exact) mass is 334 g/mol. The van der Waals surface area contributed by atoms with Gasteiger partial charge < -0.3 is 10.5 Å². The first kappa shape index (κ1) is 18.2. The quantitative estimate of drug-likeness (QED) is 0.837. The van der Waals surface area contributed by atoms with E-state index in [1.54, 1.807) is 14.0 Å². The third kappa shape index (κ3) is 4.46. The van der Waals surface area contributed by atoms with Crippen molar-refractivity contribution in [3.63, 3.8) is 0 Å². The van der Waals surface area contributed by atoms with Gasteiger partial charge in [-0.1, -0.05) is 12.1 Å². The van der Waals surface area contributed by atoms with Crippen LogP contribution in [0.1, 0.15) is 25.5 Å². The summed E-state index contributed by atoms with van der Waals surface area (Å²) in [5, 5.41) is 2.14. The minimum atomic E-state index is -0.808. The Morgan fingerprint density at radius 1 is 1.17 bits per heavy atom. The summed E-state index contributed by atoms with van der Waals surface area (Å²) < 4.78 is 5.29. The molecule has 7 nitrogen and oxygen atoms in total. The van der Waals surface area contributed by atoms with Crippen molar-refractivity contribution in [3.8, 4) is 5.75 Å². The van der Waals surface area contributed by atoms with Gasteiger partial charge in [0, 0.05) is 32.2 Å². The first-order valence-corrected chi connectivity index (χ1v) is 8.14. The van der Waals surface area contributed by atoms with E-state index in [0.29, 0.717) is 0 Å². The minimum absolute atomic E-state index is 0.275. The maximum Gasteiger partial charge on any atom is 0.318 e. The summed E-state index contributed by atoms with van der Waals surface area (Å²) in [6.45, 7) is 7.20. The molecule has 1 aliphatic heterocycles. The van der Waals surface area contributed by atoms with Crippen LogP contribution >= 0.6 is 0 Å². The summed E-state index contributed by atoms with van der Waals surface area (Å²) in [6.07, 6.45) is 0. The molecule has 2 rings (SSSR count). The van der Waals surface area contributed by atoms with Gasteiger partial charge in [-0.3, -0.25) is 19.9 Å². The molecule has 3 N–H and O–H groups in total. The van der Waals surface area contributed by atoms with Crippen LogP contribution in [0.5, 0.6) is 5.75 Å². The van der Waals surface area contributed by atoms with Crippen molar-refractivity contribution in [1.82, 2.24) is 15.1 Å². The summed E-state index contributed by atoms with van der Waals surface area (Å²) in [6, 6.07) is 7.19. The molecule has 0 aliphatic carbocycles. The Kier molecular flexibility index (Phi) is 6.16. The average Bonchev–Trinajstić information content (AvgIpc) is 2.60. The van der Waals surface area contributed by atoms with E-state index in [-0.39, 0.29) is 18.0 Å². The zero-order chi connectivity index (χ0) is 17.7. The SMILES string of the molecule is COc1cccc([C@H](C)N2CCN([C@@H](C)C(=O)NC(N)=O)CC2)c1. The number of imide groups is 1. The number of amides is 3. The van der Waals surface area contributed by atoms with Crippen molar-refractivity contribution in [2.75, 3.05) is 33.3 Å². The fourth-order valence-corrected chi connectivity index (χ4v) is 3.02. The largest absolute Gasteiger partial charge is 0.497 e. The zero-order valence-electron chi connectivity index (χ0n) is 14.5. The first-order valence-electron chi connectivity index (χ1n) is 8.14. The Balaban J connectivity index is 1.92. The number of methoxy groups -OCH3 is 1. The predicted molar refractivity (Wildman–Crippen MR) is 91.7 cm³/mol. The normalized spacial score (nSPS) is 18.6. The Labute approximate surface area is 142 Å². The van der Waals surface area contributed by atoms with Gasteiger partial charge in [0.1, 0.15) is 5.75 Å². The van der Waals surface area contributed by atoms with Crippen molar-refractivity contribution in [2.24, 2.45) is 5.73 Å². The molecule has 0 saturated carbocycles. The van der Waals surface area contributed by atoms with E-state index in [2.05, 4.69) is 34.2 Å². The van der Waals surface area contributed by atoms with Gasteiger partial charge in [-0.25, -0.2) is 4.79 Å². The molecule has 24 heavy (non-hydrogen) atoms. The fraction of sp³-hybridized carbons (Fsp3) is 0.529. The van der Waals surface area contributed by atoms with Gasteiger partial charge >= 0.3 is 6.03 Å². The number of ether oxygens (including phenoxy) is 1. The number of nitrogens with zero attached hydrogens (tertiary/aromatic N) is 2. The van der Waals surface area contributed by atoms with Crippen molar-refractivity contribution < 1.29 is 14.3 Å². The number of carbonyl (C=O) groups excluding carboxylic acids is 2. The van der Waals surface area contributed by atoms with Gasteiger partial charge in [0.05, 0.1) is 13.2 Å². The lowest BCUT2D eigenvalue weighted by atomic mass is 10.1. The molecule has 3 amide bonds. The van der Waals surface area contributed by atoms with Crippen LogP contribution in [0, 0.1) is 0 Å². The fourth-order valence-electron chi connectivity index (χ4n) is 3.02. The molecular formula is C17H26N4O3. The molecular weight excluding hydrogens is 308 g/mol. The number of carbonyl (C=O) groups is 2. The molecule has 1 fully saturated rings. The van der Waals surface area contributed by atoms with Crippen molar-refractivity contribution in [1.29, 1.82) is 0 Å². The van der Waals surface area contributed by atoms with E-state index >= 15 is 0 Å². The highest BCUT2D eigenvalue weighted by Crippen LogP contribution is 2.25. The molecule has 0 aromatic heterocycles. The van der Waals surface area contributed by atoms with Gasteiger partial charge in [0.2, 0.25) is 5.91 Å². The molecule has 1 aromatic rings. The third-order valence-corrected chi connectivity index (χ3v) is 4.65. The molecule has 1 saturated heterocycles. The highest BCUT2D eigenvalue weighted by atomic mass is 16.5. The number of hydrogen-bond acceptors (Lipinski definition) is 5. The van der Waals surface area contributed by atoms with Gasteiger partial charge in [0.15, 0.2) is 0 Å². The number of urea groups is 1. The lowest BCUT2D eigenvalue weighted by Crippen LogP contribution is -2.55. The van der Waals surface area contributed by atoms with E-state index in [4.69, 9.17) is 10.5 Å². The number of hydrogen-bond donors (Lipinski definition) is 2. The van der Waals surface area contributed by atoms with E-state index in [0.717, 1.165) is 31.9 Å². The van der Waals surface area contributed by atoms with Crippen LogP contribution < -0.4 is 15.8 Å². The Bertz CT molecular complexity index is 585. The van der Waals surface area contributed by atoms with Crippen LogP contribution in [-0.4, -0.2) is 61.1 Å². The Morgan fingerprint density at radius 3 is 2.38 bits per heavy atom. The topological polar surface area (TPSA) is 87.9 Å². The standard InChI is InChI=1S/C17H26N4O3/c1-12(14-5-4-6-15(11-14)24-3)20-7-9-21(10-8-20)13(2)16(22)19-17(18)23/h4-6,11-13H,7-10H2,1-3H3,(H3,18,19,22,23)/t12-,13-/m0/s1. The van der Waals surface area contributed by atoms with Gasteiger partial charge in [0.25, 0.3) is 0 Å². The summed E-state index contributed by atoms with van der Waals surface area (Å²) >= 11 is 0. The average molecular weight is 334 g/mol. The summed E-state index contributed by atoms with van der Waals surface area (Å²) in [7, 11) is 1.67. The minimum Gasteiger partial charge on any atom is -0.497 e. The Morgan fingerprint density at radius 2 is 1.79 bits per heavy atom. The molecule has 0 radical (unpaired) electrons. The summed E-state index contributed by atoms with van der Waals surface area (Å²) in [5.41, 5.74) is 6.21. The number of rotatable bonds is 5. The predicted octanol–water partition coefficient (Wildman–Crippen LogP) is 0.957. The summed E-state index contributed by atoms with van der Waals surface area (Å²) in [4.78, 5) is 27.1. The Hall–Kier alpha value is -2.12. The number of nitrogens with one attached hydrogen (secondary N) is 1. The molecule has 1 heterocycles. The van der Waals surface area contributed by atoms with Crippen LogP contribution in [0.3, 0.4) is 0 Å². The number of benzene rings is 1. The number of primary amides is 1.